The zero-order valence-corrected chi connectivity index (χ0v) is 14.6. The van der Waals surface area contributed by atoms with Crippen molar-refractivity contribution in [1.29, 1.82) is 0 Å². The van der Waals surface area contributed by atoms with Crippen LogP contribution < -0.4 is 0 Å². The molecular weight excluding hydrogens is 332 g/mol. The Balaban J connectivity index is 1.73. The zero-order valence-electron chi connectivity index (χ0n) is 13.8. The quantitative estimate of drug-likeness (QED) is 0.489. The minimum absolute atomic E-state index is 0.615. The summed E-state index contributed by atoms with van der Waals surface area (Å²) < 4.78 is 7.12. The lowest BCUT2D eigenvalue weighted by molar-refractivity contribution is 0.185. The van der Waals surface area contributed by atoms with Gasteiger partial charge in [0.05, 0.1) is 17.8 Å². The third kappa shape index (κ3) is 3.29. The lowest BCUT2D eigenvalue weighted by Gasteiger charge is -2.05. The highest BCUT2D eigenvalue weighted by Crippen LogP contribution is 2.26. The molecule has 0 atom stereocenters. The number of nitrogens with zero attached hydrogens (tertiary/aromatic N) is 2. The zero-order chi connectivity index (χ0) is 17.2. The van der Waals surface area contributed by atoms with Crippen molar-refractivity contribution in [2.45, 2.75) is 6.61 Å². The Kier molecular flexibility index (Phi) is 4.26. The number of halogens is 1. The number of benzene rings is 2. The van der Waals surface area contributed by atoms with Crippen LogP contribution >= 0.6 is 11.6 Å². The van der Waals surface area contributed by atoms with E-state index in [1.165, 1.54) is 5.56 Å². The molecule has 4 aromatic rings. The van der Waals surface area contributed by atoms with E-state index < -0.39 is 0 Å². The van der Waals surface area contributed by atoms with E-state index in [1.54, 1.807) is 7.11 Å². The van der Waals surface area contributed by atoms with Gasteiger partial charge in [0, 0.05) is 23.9 Å². The molecular formula is C21H17ClN2O. The Hall–Kier alpha value is -2.62. The van der Waals surface area contributed by atoms with Gasteiger partial charge in [0.25, 0.3) is 0 Å². The number of methoxy groups -OCH3 is 1. The third-order valence-corrected chi connectivity index (χ3v) is 4.43. The molecule has 124 valence electrons. The molecule has 0 spiro atoms. The van der Waals surface area contributed by atoms with E-state index in [0.29, 0.717) is 6.61 Å². The van der Waals surface area contributed by atoms with E-state index in [1.807, 2.05) is 35.0 Å². The molecule has 0 bridgehead atoms. The summed E-state index contributed by atoms with van der Waals surface area (Å²) in [5.74, 6) is 0. The first-order valence-electron chi connectivity index (χ1n) is 8.06. The van der Waals surface area contributed by atoms with Gasteiger partial charge in [-0.05, 0) is 53.1 Å². The fourth-order valence-corrected chi connectivity index (χ4v) is 3.07. The summed E-state index contributed by atoms with van der Waals surface area (Å²) in [4.78, 5) is 0. The summed E-state index contributed by atoms with van der Waals surface area (Å²) in [6.45, 7) is 0.615. The number of hydrogen-bond acceptors (Lipinski definition) is 2. The van der Waals surface area contributed by atoms with E-state index in [4.69, 9.17) is 16.3 Å². The summed E-state index contributed by atoms with van der Waals surface area (Å²) >= 11 is 5.97. The van der Waals surface area contributed by atoms with Crippen molar-refractivity contribution in [2.75, 3.05) is 7.11 Å². The fourth-order valence-electron chi connectivity index (χ4n) is 2.94. The van der Waals surface area contributed by atoms with Crippen LogP contribution in [0.4, 0.5) is 0 Å². The number of rotatable bonds is 4. The van der Waals surface area contributed by atoms with Gasteiger partial charge in [-0.1, -0.05) is 41.9 Å². The number of aromatic nitrogens is 2. The molecule has 0 aliphatic carbocycles. The molecule has 0 saturated carbocycles. The molecule has 4 heteroatoms. The van der Waals surface area contributed by atoms with E-state index in [0.717, 1.165) is 32.9 Å². The van der Waals surface area contributed by atoms with Gasteiger partial charge < -0.3 is 4.74 Å². The molecule has 0 aliphatic rings. The van der Waals surface area contributed by atoms with E-state index in [2.05, 4.69) is 47.6 Å². The Morgan fingerprint density at radius 2 is 1.72 bits per heavy atom. The molecule has 25 heavy (non-hydrogen) atoms. The van der Waals surface area contributed by atoms with Gasteiger partial charge >= 0.3 is 0 Å². The molecule has 0 radical (unpaired) electrons. The van der Waals surface area contributed by atoms with Crippen molar-refractivity contribution < 1.29 is 4.74 Å². The van der Waals surface area contributed by atoms with E-state index >= 15 is 0 Å². The standard InChI is InChI=1S/C21H17ClN2O/c1-25-14-15-3-2-4-17(11-15)18-9-10-24-20(12-18)13-21(23-24)16-5-7-19(22)8-6-16/h2-13H,14H2,1H3. The van der Waals surface area contributed by atoms with Crippen LogP contribution in [0.3, 0.4) is 0 Å². The van der Waals surface area contributed by atoms with Gasteiger partial charge in [-0.2, -0.15) is 5.10 Å². The van der Waals surface area contributed by atoms with Crippen LogP contribution in [0.25, 0.3) is 27.9 Å². The largest absolute Gasteiger partial charge is 0.380 e. The molecule has 3 nitrogen and oxygen atoms in total. The smallest absolute Gasteiger partial charge is 0.0933 e. The van der Waals surface area contributed by atoms with Gasteiger partial charge in [-0.3, -0.25) is 0 Å². The monoisotopic (exact) mass is 348 g/mol. The van der Waals surface area contributed by atoms with Gasteiger partial charge in [0.1, 0.15) is 0 Å². The average Bonchev–Trinajstić information content (AvgIpc) is 3.06. The molecule has 0 N–H and O–H groups in total. The molecule has 0 saturated heterocycles. The Labute approximate surface area is 151 Å². The number of pyridine rings is 1. The second-order valence-electron chi connectivity index (χ2n) is 5.95. The van der Waals surface area contributed by atoms with Gasteiger partial charge in [-0.15, -0.1) is 0 Å². The highest BCUT2D eigenvalue weighted by atomic mass is 35.5. The molecule has 0 fully saturated rings. The van der Waals surface area contributed by atoms with Gasteiger partial charge in [-0.25, -0.2) is 4.52 Å². The summed E-state index contributed by atoms with van der Waals surface area (Å²) in [5, 5.41) is 5.38. The minimum Gasteiger partial charge on any atom is -0.380 e. The van der Waals surface area contributed by atoms with Crippen LogP contribution in [0.2, 0.25) is 5.02 Å². The minimum atomic E-state index is 0.615. The fraction of sp³-hybridized carbons (Fsp3) is 0.0952. The molecule has 0 unspecified atom stereocenters. The highest BCUT2D eigenvalue weighted by molar-refractivity contribution is 6.30. The third-order valence-electron chi connectivity index (χ3n) is 4.17. The summed E-state index contributed by atoms with van der Waals surface area (Å²) in [5.41, 5.74) is 6.54. The van der Waals surface area contributed by atoms with Crippen LogP contribution in [-0.2, 0) is 11.3 Å². The normalized spacial score (nSPS) is 11.1. The maximum absolute atomic E-state index is 5.97. The average molecular weight is 349 g/mol. The van der Waals surface area contributed by atoms with Gasteiger partial charge in [0.15, 0.2) is 0 Å². The van der Waals surface area contributed by atoms with Crippen molar-refractivity contribution in [3.63, 3.8) is 0 Å². The highest BCUT2D eigenvalue weighted by Gasteiger charge is 2.07. The predicted molar refractivity (Wildman–Crippen MR) is 102 cm³/mol. The summed E-state index contributed by atoms with van der Waals surface area (Å²) in [7, 11) is 1.71. The molecule has 2 aromatic heterocycles. The number of hydrogen-bond donors (Lipinski definition) is 0. The maximum atomic E-state index is 5.97. The Morgan fingerprint density at radius 3 is 2.52 bits per heavy atom. The van der Waals surface area contributed by atoms with Crippen molar-refractivity contribution >= 4 is 17.1 Å². The SMILES string of the molecule is COCc1cccc(-c2ccn3nc(-c4ccc(Cl)cc4)cc3c2)c1. The first kappa shape index (κ1) is 15.9. The van der Waals surface area contributed by atoms with Gasteiger partial charge in [0.2, 0.25) is 0 Å². The molecule has 2 heterocycles. The molecule has 4 rings (SSSR count). The first-order valence-corrected chi connectivity index (χ1v) is 8.44. The molecule has 0 aliphatic heterocycles. The molecule has 0 amide bonds. The van der Waals surface area contributed by atoms with Crippen LogP contribution in [-0.4, -0.2) is 16.7 Å². The second-order valence-corrected chi connectivity index (χ2v) is 6.39. The summed E-state index contributed by atoms with van der Waals surface area (Å²) in [6, 6.07) is 22.5. The van der Waals surface area contributed by atoms with Crippen molar-refractivity contribution in [3.8, 4) is 22.4 Å². The molecule has 2 aromatic carbocycles. The van der Waals surface area contributed by atoms with Crippen molar-refractivity contribution in [3.05, 3.63) is 83.5 Å². The number of ether oxygens (including phenoxy) is 1. The van der Waals surface area contributed by atoms with Crippen molar-refractivity contribution in [1.82, 2.24) is 9.61 Å². The predicted octanol–water partition coefficient (Wildman–Crippen LogP) is 5.47. The van der Waals surface area contributed by atoms with Crippen LogP contribution in [0.15, 0.2) is 72.9 Å². The van der Waals surface area contributed by atoms with Crippen LogP contribution in [0.1, 0.15) is 5.56 Å². The van der Waals surface area contributed by atoms with Crippen molar-refractivity contribution in [2.24, 2.45) is 0 Å². The van der Waals surface area contributed by atoms with E-state index in [9.17, 15) is 0 Å². The Bertz CT molecular complexity index is 1020. The topological polar surface area (TPSA) is 26.5 Å². The van der Waals surface area contributed by atoms with Crippen LogP contribution in [0, 0.1) is 0 Å². The second kappa shape index (κ2) is 6.71. The Morgan fingerprint density at radius 1 is 0.920 bits per heavy atom. The van der Waals surface area contributed by atoms with E-state index in [-0.39, 0.29) is 0 Å². The summed E-state index contributed by atoms with van der Waals surface area (Å²) in [6.07, 6.45) is 1.99. The first-order chi connectivity index (χ1) is 12.2. The number of fused-ring (bicyclic) bond motifs is 1. The maximum Gasteiger partial charge on any atom is 0.0933 e. The lowest BCUT2D eigenvalue weighted by Crippen LogP contribution is -1.90. The van der Waals surface area contributed by atoms with Crippen LogP contribution in [0.5, 0.6) is 0 Å². The lowest BCUT2D eigenvalue weighted by atomic mass is 10.0.